The van der Waals surface area contributed by atoms with Crippen LogP contribution in [0.15, 0.2) is 29.2 Å². The van der Waals surface area contributed by atoms with Crippen molar-refractivity contribution in [3.63, 3.8) is 0 Å². The number of benzene rings is 1. The lowest BCUT2D eigenvalue weighted by atomic mass is 9.90. The average molecular weight is 298 g/mol. The van der Waals surface area contributed by atoms with Gasteiger partial charge in [-0.3, -0.25) is 0 Å². The molecule has 0 bridgehead atoms. The highest BCUT2D eigenvalue weighted by atomic mass is 32.2. The summed E-state index contributed by atoms with van der Waals surface area (Å²) in [5, 5.41) is 3.19. The van der Waals surface area contributed by atoms with Gasteiger partial charge in [-0.2, -0.15) is 0 Å². The molecule has 1 fully saturated rings. The fourth-order valence-electron chi connectivity index (χ4n) is 2.23. The molecule has 5 nitrogen and oxygen atoms in total. The van der Waals surface area contributed by atoms with Crippen molar-refractivity contribution >= 4 is 10.0 Å². The van der Waals surface area contributed by atoms with E-state index in [4.69, 9.17) is 4.74 Å². The third-order valence-electron chi connectivity index (χ3n) is 3.54. The zero-order valence-electron chi connectivity index (χ0n) is 11.9. The van der Waals surface area contributed by atoms with Crippen molar-refractivity contribution in [2.24, 2.45) is 0 Å². The third kappa shape index (κ3) is 3.79. The molecule has 0 spiro atoms. The van der Waals surface area contributed by atoms with E-state index in [9.17, 15) is 8.42 Å². The molecular formula is C14H22N2O3S. The predicted molar refractivity (Wildman–Crippen MR) is 78.0 cm³/mol. The Bertz CT molecular complexity index is 539. The molecule has 0 aliphatic heterocycles. The second kappa shape index (κ2) is 6.67. The van der Waals surface area contributed by atoms with Gasteiger partial charge in [-0.15, -0.1) is 0 Å². The predicted octanol–water partition coefficient (Wildman–Crippen LogP) is 1.25. The van der Waals surface area contributed by atoms with E-state index in [-0.39, 0.29) is 12.1 Å². The van der Waals surface area contributed by atoms with Crippen molar-refractivity contribution in [1.82, 2.24) is 10.0 Å². The van der Waals surface area contributed by atoms with Crippen LogP contribution in [0.2, 0.25) is 0 Å². The molecule has 2 N–H and O–H groups in total. The van der Waals surface area contributed by atoms with E-state index in [2.05, 4.69) is 10.0 Å². The van der Waals surface area contributed by atoms with E-state index >= 15 is 0 Å². The topological polar surface area (TPSA) is 67.4 Å². The number of methoxy groups -OCH3 is 1. The lowest BCUT2D eigenvalue weighted by Gasteiger charge is -2.34. The Hall–Kier alpha value is -0.950. The molecule has 0 amide bonds. The Morgan fingerprint density at radius 1 is 1.35 bits per heavy atom. The van der Waals surface area contributed by atoms with Crippen molar-refractivity contribution in [1.29, 1.82) is 0 Å². The van der Waals surface area contributed by atoms with Gasteiger partial charge < -0.3 is 10.1 Å². The molecule has 1 aromatic carbocycles. The molecule has 2 rings (SSSR count). The van der Waals surface area contributed by atoms with Gasteiger partial charge in [-0.05, 0) is 37.1 Å². The van der Waals surface area contributed by atoms with E-state index in [1.165, 1.54) is 0 Å². The summed E-state index contributed by atoms with van der Waals surface area (Å²) >= 11 is 0. The minimum atomic E-state index is -3.43. The minimum absolute atomic E-state index is 0.0117. The number of hydrogen-bond donors (Lipinski definition) is 2. The fraction of sp³-hybridized carbons (Fsp3) is 0.571. The van der Waals surface area contributed by atoms with E-state index < -0.39 is 10.0 Å². The zero-order valence-corrected chi connectivity index (χ0v) is 12.7. The van der Waals surface area contributed by atoms with Gasteiger partial charge in [0.2, 0.25) is 10.0 Å². The van der Waals surface area contributed by atoms with Crippen LogP contribution in [-0.2, 0) is 21.3 Å². The lowest BCUT2D eigenvalue weighted by Crippen LogP contribution is -2.47. The summed E-state index contributed by atoms with van der Waals surface area (Å²) in [4.78, 5) is 0.328. The van der Waals surface area contributed by atoms with E-state index in [0.29, 0.717) is 11.4 Å². The van der Waals surface area contributed by atoms with Crippen molar-refractivity contribution in [2.45, 2.75) is 43.4 Å². The highest BCUT2D eigenvalue weighted by Crippen LogP contribution is 2.24. The third-order valence-corrected chi connectivity index (χ3v) is 5.06. The van der Waals surface area contributed by atoms with Crippen LogP contribution in [-0.4, -0.2) is 34.2 Å². The van der Waals surface area contributed by atoms with Crippen LogP contribution in [0.25, 0.3) is 0 Å². The Morgan fingerprint density at radius 2 is 2.10 bits per heavy atom. The first-order valence-corrected chi connectivity index (χ1v) is 8.38. The zero-order chi connectivity index (χ0) is 14.6. The number of hydrogen-bond acceptors (Lipinski definition) is 4. The summed E-state index contributed by atoms with van der Waals surface area (Å²) in [5.74, 6) is 0. The summed E-state index contributed by atoms with van der Waals surface area (Å²) < 4.78 is 32.5. The van der Waals surface area contributed by atoms with Crippen LogP contribution in [0.5, 0.6) is 0 Å². The maximum absolute atomic E-state index is 12.3. The molecule has 20 heavy (non-hydrogen) atoms. The second-order valence-corrected chi connectivity index (χ2v) is 6.79. The maximum Gasteiger partial charge on any atom is 0.240 e. The minimum Gasteiger partial charge on any atom is -0.381 e. The smallest absolute Gasteiger partial charge is 0.240 e. The van der Waals surface area contributed by atoms with E-state index in [1.807, 2.05) is 13.0 Å². The van der Waals surface area contributed by atoms with Crippen LogP contribution in [0.4, 0.5) is 0 Å². The molecule has 1 aliphatic carbocycles. The average Bonchev–Trinajstić information content (AvgIpc) is 2.40. The molecule has 1 saturated carbocycles. The largest absolute Gasteiger partial charge is 0.381 e. The molecule has 0 heterocycles. The van der Waals surface area contributed by atoms with Crippen LogP contribution in [0, 0.1) is 0 Å². The van der Waals surface area contributed by atoms with Gasteiger partial charge in [-0.1, -0.05) is 19.1 Å². The number of rotatable bonds is 7. The molecule has 1 aromatic rings. The fourth-order valence-corrected chi connectivity index (χ4v) is 3.57. The van der Waals surface area contributed by atoms with Gasteiger partial charge in [0.1, 0.15) is 0 Å². The van der Waals surface area contributed by atoms with Crippen LogP contribution < -0.4 is 10.0 Å². The Kier molecular flexibility index (Phi) is 5.15. The Balaban J connectivity index is 2.02. The number of nitrogens with one attached hydrogen (secondary N) is 2. The highest BCUT2D eigenvalue weighted by Gasteiger charge is 2.32. The normalized spacial score (nSPS) is 22.5. The first-order valence-electron chi connectivity index (χ1n) is 6.90. The summed E-state index contributed by atoms with van der Waals surface area (Å²) in [6, 6.07) is 7.04. The summed E-state index contributed by atoms with van der Waals surface area (Å²) in [6.45, 7) is 3.55. The van der Waals surface area contributed by atoms with Gasteiger partial charge in [-0.25, -0.2) is 13.1 Å². The highest BCUT2D eigenvalue weighted by molar-refractivity contribution is 7.89. The van der Waals surface area contributed by atoms with Gasteiger partial charge in [0, 0.05) is 19.7 Å². The molecule has 0 saturated heterocycles. The number of ether oxygens (including phenoxy) is 1. The van der Waals surface area contributed by atoms with Crippen molar-refractivity contribution in [3.8, 4) is 0 Å². The van der Waals surface area contributed by atoms with Crippen molar-refractivity contribution in [2.75, 3.05) is 13.7 Å². The maximum atomic E-state index is 12.3. The van der Waals surface area contributed by atoms with Gasteiger partial charge in [0.25, 0.3) is 0 Å². The molecule has 0 atom stereocenters. The van der Waals surface area contributed by atoms with Gasteiger partial charge in [0.05, 0.1) is 11.0 Å². The standard InChI is InChI=1S/C14H22N2O3S/c1-3-15-10-11-5-4-6-14(7-11)20(17,18)16-12-8-13(9-12)19-2/h4-7,12-13,15-16H,3,8-10H2,1-2H3. The van der Waals surface area contributed by atoms with Crippen LogP contribution >= 0.6 is 0 Å². The Morgan fingerprint density at radius 3 is 2.75 bits per heavy atom. The van der Waals surface area contributed by atoms with E-state index in [1.54, 1.807) is 25.3 Å². The summed E-state index contributed by atoms with van der Waals surface area (Å²) in [5.41, 5.74) is 0.970. The second-order valence-electron chi connectivity index (χ2n) is 5.08. The molecule has 112 valence electrons. The first kappa shape index (κ1) is 15.4. The summed E-state index contributed by atoms with van der Waals surface area (Å²) in [7, 11) is -1.78. The van der Waals surface area contributed by atoms with Gasteiger partial charge in [0.15, 0.2) is 0 Å². The van der Waals surface area contributed by atoms with Crippen LogP contribution in [0.1, 0.15) is 25.3 Å². The molecule has 1 aliphatic rings. The Labute approximate surface area is 120 Å². The molecule has 0 unspecified atom stereocenters. The quantitative estimate of drug-likeness (QED) is 0.795. The molecule has 0 radical (unpaired) electrons. The van der Waals surface area contributed by atoms with E-state index in [0.717, 1.165) is 24.9 Å². The number of sulfonamides is 1. The summed E-state index contributed by atoms with van der Waals surface area (Å²) in [6.07, 6.45) is 1.67. The molecule has 6 heteroatoms. The SMILES string of the molecule is CCNCc1cccc(S(=O)(=O)NC2CC(OC)C2)c1. The monoisotopic (exact) mass is 298 g/mol. The first-order chi connectivity index (χ1) is 9.55. The van der Waals surface area contributed by atoms with Gasteiger partial charge >= 0.3 is 0 Å². The molecule has 0 aromatic heterocycles. The van der Waals surface area contributed by atoms with Crippen molar-refractivity contribution in [3.05, 3.63) is 29.8 Å². The molecular weight excluding hydrogens is 276 g/mol. The van der Waals surface area contributed by atoms with Crippen LogP contribution in [0.3, 0.4) is 0 Å². The van der Waals surface area contributed by atoms with Crippen molar-refractivity contribution < 1.29 is 13.2 Å². The lowest BCUT2D eigenvalue weighted by molar-refractivity contribution is 0.0236.